The third kappa shape index (κ3) is 4.46. The minimum Gasteiger partial charge on any atom is -0.493 e. The Labute approximate surface area is 186 Å². The molecular formula is C25H24N4O3. The highest BCUT2D eigenvalue weighted by molar-refractivity contribution is 6.02. The average Bonchev–Trinajstić information content (AvgIpc) is 3.15. The van der Waals surface area contributed by atoms with Crippen molar-refractivity contribution in [3.8, 4) is 17.2 Å². The van der Waals surface area contributed by atoms with Crippen LogP contribution in [0.1, 0.15) is 18.2 Å². The van der Waals surface area contributed by atoms with Gasteiger partial charge < -0.3 is 14.8 Å². The summed E-state index contributed by atoms with van der Waals surface area (Å²) in [5, 5.41) is 8.34. The molecule has 1 amide bonds. The second-order valence-corrected chi connectivity index (χ2v) is 7.09. The third-order valence-corrected chi connectivity index (χ3v) is 4.89. The smallest absolute Gasteiger partial charge is 0.248 e. The lowest BCUT2D eigenvalue weighted by Gasteiger charge is -2.09. The summed E-state index contributed by atoms with van der Waals surface area (Å²) in [6, 6.07) is 17.2. The second kappa shape index (κ2) is 9.34. The lowest BCUT2D eigenvalue weighted by Crippen LogP contribution is -2.08. The van der Waals surface area contributed by atoms with Crippen LogP contribution in [0.25, 0.3) is 22.8 Å². The standard InChI is InChI=1S/C25H24N4O3/c1-4-32-22-12-10-18(14-23(22)31-3)11-13-24(30)27-19-15-21-17(2)28-29(25(21)26-16-19)20-8-6-5-7-9-20/h5-16H,4H2,1-3H3,(H,27,30)/b13-11+. The van der Waals surface area contributed by atoms with Crippen LogP contribution in [0.3, 0.4) is 0 Å². The maximum Gasteiger partial charge on any atom is 0.248 e. The average molecular weight is 428 g/mol. The molecule has 4 rings (SSSR count). The van der Waals surface area contributed by atoms with Gasteiger partial charge in [-0.05, 0) is 55.8 Å². The minimum atomic E-state index is -0.257. The zero-order valence-corrected chi connectivity index (χ0v) is 18.2. The van der Waals surface area contributed by atoms with Crippen LogP contribution in [0.2, 0.25) is 0 Å². The Balaban J connectivity index is 1.51. The summed E-state index contributed by atoms with van der Waals surface area (Å²) < 4.78 is 12.7. The molecule has 0 saturated heterocycles. The van der Waals surface area contributed by atoms with E-state index in [-0.39, 0.29) is 5.91 Å². The normalized spacial score (nSPS) is 11.1. The van der Waals surface area contributed by atoms with Gasteiger partial charge in [-0.3, -0.25) is 4.79 Å². The Morgan fingerprint density at radius 3 is 2.69 bits per heavy atom. The van der Waals surface area contributed by atoms with E-state index >= 15 is 0 Å². The number of carbonyl (C=O) groups is 1. The first-order valence-corrected chi connectivity index (χ1v) is 10.3. The molecule has 1 N–H and O–H groups in total. The number of aromatic nitrogens is 3. The fourth-order valence-corrected chi connectivity index (χ4v) is 3.38. The van der Waals surface area contributed by atoms with Crippen molar-refractivity contribution in [3.05, 3.63) is 78.1 Å². The number of anilines is 1. The number of nitrogens with zero attached hydrogens (tertiary/aromatic N) is 3. The van der Waals surface area contributed by atoms with Crippen LogP contribution in [0, 0.1) is 6.92 Å². The number of amides is 1. The highest BCUT2D eigenvalue weighted by Crippen LogP contribution is 2.28. The first kappa shape index (κ1) is 21.1. The lowest BCUT2D eigenvalue weighted by atomic mass is 10.2. The van der Waals surface area contributed by atoms with E-state index in [1.807, 2.05) is 68.4 Å². The molecule has 0 aliphatic carbocycles. The number of pyridine rings is 1. The zero-order valence-electron chi connectivity index (χ0n) is 18.2. The molecule has 0 radical (unpaired) electrons. The van der Waals surface area contributed by atoms with Crippen LogP contribution >= 0.6 is 0 Å². The summed E-state index contributed by atoms with van der Waals surface area (Å²) in [6.07, 6.45) is 4.83. The largest absolute Gasteiger partial charge is 0.493 e. The molecule has 0 aliphatic heterocycles. The number of nitrogens with one attached hydrogen (secondary N) is 1. The fourth-order valence-electron chi connectivity index (χ4n) is 3.38. The number of hydrogen-bond donors (Lipinski definition) is 1. The maximum atomic E-state index is 12.5. The number of benzene rings is 2. The van der Waals surface area contributed by atoms with E-state index in [1.165, 1.54) is 6.08 Å². The van der Waals surface area contributed by atoms with Crippen molar-refractivity contribution < 1.29 is 14.3 Å². The molecule has 4 aromatic rings. The molecule has 0 atom stereocenters. The van der Waals surface area contributed by atoms with Crippen LogP contribution in [-0.4, -0.2) is 34.4 Å². The molecule has 7 heteroatoms. The summed E-state index contributed by atoms with van der Waals surface area (Å²) in [4.78, 5) is 17.0. The Kier molecular flexibility index (Phi) is 6.17. The first-order chi connectivity index (χ1) is 15.6. The van der Waals surface area contributed by atoms with Crippen molar-refractivity contribution in [2.24, 2.45) is 0 Å². The van der Waals surface area contributed by atoms with E-state index in [0.29, 0.717) is 23.8 Å². The van der Waals surface area contributed by atoms with Crippen LogP contribution in [0.4, 0.5) is 5.69 Å². The van der Waals surface area contributed by atoms with Crippen LogP contribution in [0.5, 0.6) is 11.5 Å². The van der Waals surface area contributed by atoms with Gasteiger partial charge in [-0.15, -0.1) is 0 Å². The van der Waals surface area contributed by atoms with Crippen molar-refractivity contribution in [2.75, 3.05) is 19.0 Å². The van der Waals surface area contributed by atoms with E-state index in [0.717, 1.165) is 28.0 Å². The number of methoxy groups -OCH3 is 1. The summed E-state index contributed by atoms with van der Waals surface area (Å²) in [6.45, 7) is 4.39. The molecule has 32 heavy (non-hydrogen) atoms. The predicted molar refractivity (Wildman–Crippen MR) is 125 cm³/mol. The molecule has 0 bridgehead atoms. The van der Waals surface area contributed by atoms with Crippen molar-refractivity contribution in [2.45, 2.75) is 13.8 Å². The van der Waals surface area contributed by atoms with E-state index < -0.39 is 0 Å². The van der Waals surface area contributed by atoms with E-state index in [2.05, 4.69) is 15.4 Å². The van der Waals surface area contributed by atoms with Gasteiger partial charge in [-0.25, -0.2) is 9.67 Å². The monoisotopic (exact) mass is 428 g/mol. The maximum absolute atomic E-state index is 12.5. The van der Waals surface area contributed by atoms with Gasteiger partial charge in [0.05, 0.1) is 37.0 Å². The molecule has 2 aromatic carbocycles. The topological polar surface area (TPSA) is 78.3 Å². The Bertz CT molecular complexity index is 1280. The van der Waals surface area contributed by atoms with Gasteiger partial charge in [0.15, 0.2) is 17.1 Å². The molecule has 0 saturated carbocycles. The number of fused-ring (bicyclic) bond motifs is 1. The predicted octanol–water partition coefficient (Wildman–Crippen LogP) is 4.79. The summed E-state index contributed by atoms with van der Waals surface area (Å²) in [5.41, 5.74) is 3.94. The van der Waals surface area contributed by atoms with Crippen LogP contribution in [-0.2, 0) is 4.79 Å². The van der Waals surface area contributed by atoms with E-state index in [4.69, 9.17) is 9.47 Å². The van der Waals surface area contributed by atoms with Gasteiger partial charge in [0.1, 0.15) is 0 Å². The number of para-hydroxylation sites is 1. The summed E-state index contributed by atoms with van der Waals surface area (Å²) in [7, 11) is 1.59. The van der Waals surface area contributed by atoms with Crippen molar-refractivity contribution >= 4 is 28.7 Å². The Morgan fingerprint density at radius 2 is 1.94 bits per heavy atom. The fraction of sp³-hybridized carbons (Fsp3) is 0.160. The summed E-state index contributed by atoms with van der Waals surface area (Å²) in [5.74, 6) is 1.03. The SMILES string of the molecule is CCOc1ccc(/C=C/C(=O)Nc2cnc3c(c2)c(C)nn3-c2ccccc2)cc1OC. The van der Waals surface area contributed by atoms with Gasteiger partial charge in [-0.2, -0.15) is 5.10 Å². The molecule has 0 aliphatic rings. The number of hydrogen-bond acceptors (Lipinski definition) is 5. The molecule has 7 nitrogen and oxygen atoms in total. The number of ether oxygens (including phenoxy) is 2. The van der Waals surface area contributed by atoms with Gasteiger partial charge in [0.25, 0.3) is 0 Å². The first-order valence-electron chi connectivity index (χ1n) is 10.3. The molecule has 0 unspecified atom stereocenters. The zero-order chi connectivity index (χ0) is 22.5. The van der Waals surface area contributed by atoms with Crippen molar-refractivity contribution in [1.29, 1.82) is 0 Å². The van der Waals surface area contributed by atoms with Crippen LogP contribution < -0.4 is 14.8 Å². The van der Waals surface area contributed by atoms with Gasteiger partial charge in [0.2, 0.25) is 5.91 Å². The van der Waals surface area contributed by atoms with Crippen molar-refractivity contribution in [3.63, 3.8) is 0 Å². The molecule has 162 valence electrons. The van der Waals surface area contributed by atoms with Gasteiger partial charge in [-0.1, -0.05) is 24.3 Å². The Morgan fingerprint density at radius 1 is 1.12 bits per heavy atom. The number of aryl methyl sites for hydroxylation is 1. The van der Waals surface area contributed by atoms with Gasteiger partial charge in [0, 0.05) is 11.5 Å². The minimum absolute atomic E-state index is 0.257. The number of rotatable bonds is 7. The molecule has 2 heterocycles. The molecule has 2 aromatic heterocycles. The highest BCUT2D eigenvalue weighted by atomic mass is 16.5. The number of carbonyl (C=O) groups excluding carboxylic acids is 1. The Hall–Kier alpha value is -4.13. The molecule has 0 spiro atoms. The van der Waals surface area contributed by atoms with Crippen molar-refractivity contribution in [1.82, 2.24) is 14.8 Å². The quantitative estimate of drug-likeness (QED) is 0.428. The lowest BCUT2D eigenvalue weighted by molar-refractivity contribution is -0.111. The highest BCUT2D eigenvalue weighted by Gasteiger charge is 2.12. The van der Waals surface area contributed by atoms with E-state index in [9.17, 15) is 4.79 Å². The van der Waals surface area contributed by atoms with Gasteiger partial charge >= 0.3 is 0 Å². The molecular weight excluding hydrogens is 404 g/mol. The van der Waals surface area contributed by atoms with Crippen LogP contribution in [0.15, 0.2) is 66.9 Å². The molecule has 0 fully saturated rings. The van der Waals surface area contributed by atoms with E-state index in [1.54, 1.807) is 24.1 Å². The third-order valence-electron chi connectivity index (χ3n) is 4.89. The summed E-state index contributed by atoms with van der Waals surface area (Å²) >= 11 is 0. The second-order valence-electron chi connectivity index (χ2n) is 7.09.